The van der Waals surface area contributed by atoms with Crippen molar-refractivity contribution in [2.45, 2.75) is 19.4 Å². The van der Waals surface area contributed by atoms with Crippen LogP contribution >= 0.6 is 0 Å². The third-order valence-electron chi connectivity index (χ3n) is 5.61. The monoisotopic (exact) mass is 538 g/mol. The lowest BCUT2D eigenvalue weighted by molar-refractivity contribution is -0.632. The summed E-state index contributed by atoms with van der Waals surface area (Å²) in [6, 6.07) is 18.4. The van der Waals surface area contributed by atoms with E-state index < -0.39 is 15.6 Å². The SMILES string of the molecule is CC.COS(=O)(=O)C(F)(F)F.COc1ccc2c(c1)Oc1cc(OC)cc3c1c-2[n+](C)c1ccccc31. The molecule has 0 aliphatic carbocycles. The van der Waals surface area contributed by atoms with E-state index in [2.05, 4.69) is 52.2 Å². The Morgan fingerprint density at radius 3 is 2.03 bits per heavy atom. The van der Waals surface area contributed by atoms with Gasteiger partial charge in [-0.2, -0.15) is 26.2 Å². The number of benzene rings is 3. The van der Waals surface area contributed by atoms with Crippen LogP contribution in [0.3, 0.4) is 0 Å². The highest BCUT2D eigenvalue weighted by Crippen LogP contribution is 2.48. The summed E-state index contributed by atoms with van der Waals surface area (Å²) in [5.74, 6) is 3.15. The first-order chi connectivity index (χ1) is 17.5. The Hall–Kier alpha value is -3.57. The zero-order valence-electron chi connectivity index (χ0n) is 21.1. The Balaban J connectivity index is 0.000000297. The summed E-state index contributed by atoms with van der Waals surface area (Å²) in [5.41, 5.74) is -1.94. The normalized spacial score (nSPS) is 11.9. The average molecular weight is 539 g/mol. The van der Waals surface area contributed by atoms with Gasteiger partial charge in [0.1, 0.15) is 30.0 Å². The molecule has 3 aromatic carbocycles. The second kappa shape index (κ2) is 10.8. The van der Waals surface area contributed by atoms with Gasteiger partial charge in [0.2, 0.25) is 11.2 Å². The Labute approximate surface area is 213 Å². The molecule has 0 unspecified atom stereocenters. The van der Waals surface area contributed by atoms with Crippen LogP contribution in [0.25, 0.3) is 32.9 Å². The molecule has 37 heavy (non-hydrogen) atoms. The quantitative estimate of drug-likeness (QED) is 0.119. The molecule has 11 heteroatoms. The Kier molecular flexibility index (Phi) is 8.19. The van der Waals surface area contributed by atoms with Crippen molar-refractivity contribution in [2.24, 2.45) is 7.05 Å². The lowest BCUT2D eigenvalue weighted by Gasteiger charge is -2.21. The summed E-state index contributed by atoms with van der Waals surface area (Å²) in [5, 5.41) is 3.41. The smallest absolute Gasteiger partial charge is 0.497 e. The van der Waals surface area contributed by atoms with Gasteiger partial charge in [-0.05, 0) is 24.3 Å². The van der Waals surface area contributed by atoms with Crippen LogP contribution in [0, 0.1) is 0 Å². The number of pyridine rings is 1. The van der Waals surface area contributed by atoms with Gasteiger partial charge in [0.05, 0.1) is 37.7 Å². The summed E-state index contributed by atoms with van der Waals surface area (Å²) in [6.07, 6.45) is 0. The predicted molar refractivity (Wildman–Crippen MR) is 135 cm³/mol. The van der Waals surface area contributed by atoms with Gasteiger partial charge in [-0.1, -0.05) is 26.0 Å². The van der Waals surface area contributed by atoms with Gasteiger partial charge in [0, 0.05) is 23.6 Å². The zero-order chi connectivity index (χ0) is 27.5. The summed E-state index contributed by atoms with van der Waals surface area (Å²) >= 11 is 0. The van der Waals surface area contributed by atoms with Crippen molar-refractivity contribution >= 4 is 31.8 Å². The van der Waals surface area contributed by atoms with Crippen molar-refractivity contribution in [3.8, 4) is 34.3 Å². The van der Waals surface area contributed by atoms with E-state index in [1.165, 1.54) is 5.39 Å². The highest BCUT2D eigenvalue weighted by atomic mass is 32.2. The van der Waals surface area contributed by atoms with Crippen LogP contribution in [0.2, 0.25) is 0 Å². The molecule has 0 fully saturated rings. The van der Waals surface area contributed by atoms with Crippen molar-refractivity contribution in [2.75, 3.05) is 21.3 Å². The Bertz CT molecular complexity index is 1550. The molecular formula is C26H27F3NO6S+. The van der Waals surface area contributed by atoms with Crippen molar-refractivity contribution in [1.82, 2.24) is 0 Å². The number of nitrogens with zero attached hydrogens (tertiary/aromatic N) is 1. The lowest BCUT2D eigenvalue weighted by Crippen LogP contribution is -2.33. The molecule has 0 bridgehead atoms. The minimum atomic E-state index is -5.34. The lowest BCUT2D eigenvalue weighted by atomic mass is 9.96. The second-order valence-corrected chi connectivity index (χ2v) is 9.21. The van der Waals surface area contributed by atoms with Crippen LogP contribution in [-0.4, -0.2) is 35.3 Å². The molecule has 198 valence electrons. The fourth-order valence-corrected chi connectivity index (χ4v) is 4.15. The van der Waals surface area contributed by atoms with Crippen LogP contribution in [0.4, 0.5) is 13.2 Å². The maximum Gasteiger partial charge on any atom is 0.523 e. The number of para-hydroxylation sites is 1. The van der Waals surface area contributed by atoms with E-state index in [4.69, 9.17) is 14.2 Å². The first-order valence-electron chi connectivity index (χ1n) is 11.2. The van der Waals surface area contributed by atoms with E-state index in [0.29, 0.717) is 7.11 Å². The first-order valence-corrected chi connectivity index (χ1v) is 12.6. The van der Waals surface area contributed by atoms with E-state index in [1.807, 2.05) is 32.0 Å². The minimum absolute atomic E-state index is 0.447. The maximum absolute atomic E-state index is 11.1. The van der Waals surface area contributed by atoms with E-state index in [9.17, 15) is 21.6 Å². The summed E-state index contributed by atoms with van der Waals surface area (Å²) in [7, 11) is 0.556. The molecule has 2 heterocycles. The third-order valence-corrected chi connectivity index (χ3v) is 6.61. The van der Waals surface area contributed by atoms with Crippen LogP contribution in [0.5, 0.6) is 23.0 Å². The number of rotatable bonds is 3. The van der Waals surface area contributed by atoms with Crippen LogP contribution in [0.15, 0.2) is 54.6 Å². The number of ether oxygens (including phenoxy) is 3. The number of aromatic nitrogens is 1. The molecule has 4 aromatic rings. The average Bonchev–Trinajstić information content (AvgIpc) is 2.90. The molecule has 0 atom stereocenters. The second-order valence-electron chi connectivity index (χ2n) is 7.50. The zero-order valence-corrected chi connectivity index (χ0v) is 22.0. The van der Waals surface area contributed by atoms with Crippen molar-refractivity contribution in [3.63, 3.8) is 0 Å². The van der Waals surface area contributed by atoms with E-state index in [1.54, 1.807) is 14.2 Å². The van der Waals surface area contributed by atoms with Gasteiger partial charge < -0.3 is 14.2 Å². The van der Waals surface area contributed by atoms with Crippen LogP contribution < -0.4 is 18.8 Å². The van der Waals surface area contributed by atoms with Crippen molar-refractivity contribution in [1.29, 1.82) is 0 Å². The van der Waals surface area contributed by atoms with Gasteiger partial charge in [-0.25, -0.2) is 0 Å². The number of methoxy groups -OCH3 is 2. The minimum Gasteiger partial charge on any atom is -0.497 e. The predicted octanol–water partition coefficient (Wildman–Crippen LogP) is 6.12. The highest BCUT2D eigenvalue weighted by molar-refractivity contribution is 7.87. The van der Waals surface area contributed by atoms with Gasteiger partial charge in [0.15, 0.2) is 0 Å². The number of fused-ring (bicyclic) bond motifs is 4. The van der Waals surface area contributed by atoms with Crippen molar-refractivity contribution in [3.05, 3.63) is 54.6 Å². The fourth-order valence-electron chi connectivity index (χ4n) is 3.97. The molecule has 0 amide bonds. The summed E-state index contributed by atoms with van der Waals surface area (Å²) < 4.78 is 75.3. The van der Waals surface area contributed by atoms with E-state index in [0.717, 1.165) is 50.5 Å². The van der Waals surface area contributed by atoms with Crippen LogP contribution in [0.1, 0.15) is 13.8 Å². The maximum atomic E-state index is 11.1. The topological polar surface area (TPSA) is 74.9 Å². The van der Waals surface area contributed by atoms with Gasteiger partial charge in [-0.3, -0.25) is 4.18 Å². The molecular weight excluding hydrogens is 511 g/mol. The van der Waals surface area contributed by atoms with Crippen LogP contribution in [-0.2, 0) is 21.3 Å². The molecule has 1 aliphatic rings. The van der Waals surface area contributed by atoms with Gasteiger partial charge >= 0.3 is 15.6 Å². The molecule has 0 spiro atoms. The van der Waals surface area contributed by atoms with Gasteiger partial charge in [0.25, 0.3) is 0 Å². The number of alkyl halides is 3. The number of halogens is 3. The van der Waals surface area contributed by atoms with Gasteiger partial charge in [-0.15, -0.1) is 0 Å². The number of hydrogen-bond donors (Lipinski definition) is 0. The Morgan fingerprint density at radius 2 is 1.46 bits per heavy atom. The molecule has 1 aromatic heterocycles. The molecule has 5 rings (SSSR count). The Morgan fingerprint density at radius 1 is 0.838 bits per heavy atom. The molecule has 0 saturated heterocycles. The first kappa shape index (κ1) is 28.0. The third kappa shape index (κ3) is 5.14. The molecule has 7 nitrogen and oxygen atoms in total. The number of aryl methyl sites for hydroxylation is 1. The summed E-state index contributed by atoms with van der Waals surface area (Å²) in [4.78, 5) is 0. The standard InChI is InChI=1S/C22H18NO3.C2H3F3O3S.C2H6/c1-23-18-7-5-4-6-15(18)17-10-14(25-3)12-20-21(17)22(23)16-9-8-13(24-2)11-19(16)26-20;1-8-9(6,7)2(3,4)5;1-2/h4-12H,1-3H3;1H3;1-2H3/q+1;;. The molecule has 1 aliphatic heterocycles. The number of hydrogen-bond acceptors (Lipinski definition) is 6. The molecule has 0 N–H and O–H groups in total. The largest absolute Gasteiger partial charge is 0.523 e. The highest BCUT2D eigenvalue weighted by Gasteiger charge is 2.46. The summed E-state index contributed by atoms with van der Waals surface area (Å²) in [6.45, 7) is 4.00. The molecule has 0 radical (unpaired) electrons. The fraction of sp³-hybridized carbons (Fsp3) is 0.269. The van der Waals surface area contributed by atoms with E-state index >= 15 is 0 Å². The van der Waals surface area contributed by atoms with Crippen molar-refractivity contribution < 1.29 is 44.5 Å². The molecule has 0 saturated carbocycles. The van der Waals surface area contributed by atoms with E-state index in [-0.39, 0.29) is 0 Å².